The largest absolute Gasteiger partial charge is 0.504 e. The number of phenols is 1. The maximum absolute atomic E-state index is 10.2. The summed E-state index contributed by atoms with van der Waals surface area (Å²) in [6.07, 6.45) is 0. The van der Waals surface area contributed by atoms with E-state index in [9.17, 15) is 5.11 Å². The Morgan fingerprint density at radius 3 is 2.56 bits per heavy atom. The molecule has 0 aliphatic carbocycles. The number of ether oxygens (including phenoxy) is 2. The molecule has 7 heteroatoms. The lowest BCUT2D eigenvalue weighted by molar-refractivity contribution is 0.333. The van der Waals surface area contributed by atoms with Crippen molar-refractivity contribution in [1.82, 2.24) is 4.98 Å². The van der Waals surface area contributed by atoms with Crippen LogP contribution in [0.25, 0.3) is 10.6 Å². The van der Waals surface area contributed by atoms with E-state index in [-0.39, 0.29) is 11.5 Å². The Bertz CT molecular complexity index is 907. The molecule has 2 aromatic carbocycles. The van der Waals surface area contributed by atoms with Crippen LogP contribution >= 0.6 is 11.3 Å². The van der Waals surface area contributed by atoms with Crippen molar-refractivity contribution < 1.29 is 14.6 Å². The summed E-state index contributed by atoms with van der Waals surface area (Å²) in [6.45, 7) is 0. The van der Waals surface area contributed by atoms with Gasteiger partial charge in [0.1, 0.15) is 16.4 Å². The summed E-state index contributed by atoms with van der Waals surface area (Å²) in [6, 6.07) is 13.1. The molecule has 0 saturated heterocycles. The fourth-order valence-electron chi connectivity index (χ4n) is 2.47. The lowest BCUT2D eigenvalue weighted by atomic mass is 10.1. The van der Waals surface area contributed by atoms with Crippen molar-refractivity contribution in [2.75, 3.05) is 14.2 Å². The zero-order chi connectivity index (χ0) is 17.8. The Morgan fingerprint density at radius 2 is 1.92 bits per heavy atom. The number of hydrogen-bond donors (Lipinski definition) is 2. The van der Waals surface area contributed by atoms with Gasteiger partial charge in [-0.1, -0.05) is 30.3 Å². The number of hydrazone groups is 1. The van der Waals surface area contributed by atoms with E-state index in [1.807, 2.05) is 35.7 Å². The van der Waals surface area contributed by atoms with Gasteiger partial charge in [-0.3, -0.25) is 0 Å². The second-order valence-corrected chi connectivity index (χ2v) is 5.97. The van der Waals surface area contributed by atoms with Crippen molar-refractivity contribution in [2.24, 2.45) is 10.9 Å². The molecule has 0 unspecified atom stereocenters. The van der Waals surface area contributed by atoms with E-state index >= 15 is 0 Å². The van der Waals surface area contributed by atoms with Crippen LogP contribution in [0, 0.1) is 0 Å². The van der Waals surface area contributed by atoms with E-state index in [2.05, 4.69) is 10.1 Å². The normalized spacial score (nSPS) is 11.4. The average Bonchev–Trinajstić information content (AvgIpc) is 3.12. The highest BCUT2D eigenvalue weighted by molar-refractivity contribution is 7.13. The first-order chi connectivity index (χ1) is 12.2. The van der Waals surface area contributed by atoms with Gasteiger partial charge in [-0.2, -0.15) is 5.10 Å². The molecule has 0 atom stereocenters. The second-order valence-electron chi connectivity index (χ2n) is 5.11. The average molecular weight is 355 g/mol. The van der Waals surface area contributed by atoms with E-state index in [4.69, 9.17) is 15.3 Å². The van der Waals surface area contributed by atoms with Crippen LogP contribution in [0.5, 0.6) is 17.2 Å². The molecule has 3 aromatic rings. The zero-order valence-electron chi connectivity index (χ0n) is 13.8. The highest BCUT2D eigenvalue weighted by atomic mass is 32.1. The highest BCUT2D eigenvalue weighted by Gasteiger charge is 2.18. The molecule has 3 N–H and O–H groups in total. The number of methoxy groups -OCH3 is 2. The Balaban J connectivity index is 2.02. The van der Waals surface area contributed by atoms with Crippen molar-refractivity contribution in [2.45, 2.75) is 0 Å². The third kappa shape index (κ3) is 3.27. The Morgan fingerprint density at radius 1 is 1.16 bits per heavy atom. The summed E-state index contributed by atoms with van der Waals surface area (Å²) in [5.41, 5.74) is 2.68. The minimum absolute atomic E-state index is 0.0588. The van der Waals surface area contributed by atoms with Crippen LogP contribution in [0.15, 0.2) is 52.9 Å². The van der Waals surface area contributed by atoms with Crippen LogP contribution in [-0.4, -0.2) is 30.0 Å². The van der Waals surface area contributed by atoms with Crippen LogP contribution in [-0.2, 0) is 0 Å². The SMILES string of the molecule is COc1cc(/C(=N\N)c2csc(-c3ccccc3)n2)cc(O)c1OC. The molecule has 0 amide bonds. The maximum atomic E-state index is 10.2. The highest BCUT2D eigenvalue weighted by Crippen LogP contribution is 2.38. The number of hydrogen-bond acceptors (Lipinski definition) is 7. The Labute approximate surface area is 149 Å². The summed E-state index contributed by atoms with van der Waals surface area (Å²) in [5.74, 6) is 6.18. The molecule has 128 valence electrons. The third-order valence-electron chi connectivity index (χ3n) is 3.63. The summed E-state index contributed by atoms with van der Waals surface area (Å²) >= 11 is 1.50. The topological polar surface area (TPSA) is 90.0 Å². The first-order valence-electron chi connectivity index (χ1n) is 7.42. The number of thiazole rings is 1. The number of phenolic OH excluding ortho intramolecular Hbond substituents is 1. The number of nitrogens with two attached hydrogens (primary N) is 1. The predicted octanol–water partition coefficient (Wildman–Crippen LogP) is 3.24. The van der Waals surface area contributed by atoms with Crippen molar-refractivity contribution in [3.63, 3.8) is 0 Å². The Hall–Kier alpha value is -3.06. The number of nitrogens with zero attached hydrogens (tertiary/aromatic N) is 2. The molecule has 3 rings (SSSR count). The van der Waals surface area contributed by atoms with E-state index in [0.717, 1.165) is 10.6 Å². The van der Waals surface area contributed by atoms with Crippen molar-refractivity contribution in [1.29, 1.82) is 0 Å². The van der Waals surface area contributed by atoms with Gasteiger partial charge in [0.25, 0.3) is 0 Å². The third-order valence-corrected chi connectivity index (χ3v) is 4.52. The van der Waals surface area contributed by atoms with Crippen molar-refractivity contribution >= 4 is 17.0 Å². The van der Waals surface area contributed by atoms with Gasteiger partial charge in [0, 0.05) is 16.5 Å². The van der Waals surface area contributed by atoms with Crippen LogP contribution in [0.1, 0.15) is 11.3 Å². The lowest BCUT2D eigenvalue weighted by Gasteiger charge is -2.12. The van der Waals surface area contributed by atoms with Crippen molar-refractivity contribution in [3.8, 4) is 27.8 Å². The van der Waals surface area contributed by atoms with Crippen LogP contribution in [0.2, 0.25) is 0 Å². The predicted molar refractivity (Wildman–Crippen MR) is 98.6 cm³/mol. The maximum Gasteiger partial charge on any atom is 0.203 e. The molecule has 0 saturated carbocycles. The summed E-state index contributed by atoms with van der Waals surface area (Å²) in [5, 5.41) is 16.8. The lowest BCUT2D eigenvalue weighted by Crippen LogP contribution is -2.08. The first kappa shape index (κ1) is 16.8. The molecule has 0 aliphatic heterocycles. The molecule has 0 spiro atoms. The molecule has 1 heterocycles. The van der Waals surface area contributed by atoms with Gasteiger partial charge in [0.05, 0.1) is 14.2 Å². The fraction of sp³-hybridized carbons (Fsp3) is 0.111. The van der Waals surface area contributed by atoms with E-state index in [0.29, 0.717) is 22.7 Å². The monoisotopic (exact) mass is 355 g/mol. The van der Waals surface area contributed by atoms with Crippen LogP contribution < -0.4 is 15.3 Å². The minimum Gasteiger partial charge on any atom is -0.504 e. The second kappa shape index (κ2) is 7.23. The summed E-state index contributed by atoms with van der Waals surface area (Å²) in [7, 11) is 2.96. The number of benzene rings is 2. The Kier molecular flexibility index (Phi) is 4.85. The zero-order valence-corrected chi connectivity index (χ0v) is 14.6. The molecular weight excluding hydrogens is 338 g/mol. The van der Waals surface area contributed by atoms with E-state index in [1.54, 1.807) is 6.07 Å². The molecule has 6 nitrogen and oxygen atoms in total. The molecular formula is C18H17N3O3S. The summed E-state index contributed by atoms with van der Waals surface area (Å²) < 4.78 is 10.4. The van der Waals surface area contributed by atoms with Gasteiger partial charge in [0.15, 0.2) is 11.5 Å². The number of rotatable bonds is 5. The van der Waals surface area contributed by atoms with Gasteiger partial charge >= 0.3 is 0 Å². The van der Waals surface area contributed by atoms with Crippen molar-refractivity contribution in [3.05, 3.63) is 59.1 Å². The van der Waals surface area contributed by atoms with Gasteiger partial charge in [-0.15, -0.1) is 11.3 Å². The quantitative estimate of drug-likeness (QED) is 0.417. The molecule has 0 fully saturated rings. The molecule has 1 aromatic heterocycles. The molecule has 0 bridgehead atoms. The van der Waals surface area contributed by atoms with Gasteiger partial charge in [-0.05, 0) is 12.1 Å². The van der Waals surface area contributed by atoms with Crippen LogP contribution in [0.3, 0.4) is 0 Å². The first-order valence-corrected chi connectivity index (χ1v) is 8.30. The standard InChI is InChI=1S/C18H17N3O3S/c1-23-15-9-12(8-14(22)17(15)24-2)16(21-19)13-10-25-18(20-13)11-6-4-3-5-7-11/h3-10,22H,19H2,1-2H3/b21-16+. The number of aromatic hydroxyl groups is 1. The molecule has 0 radical (unpaired) electrons. The van der Waals surface area contributed by atoms with Crippen LogP contribution in [0.4, 0.5) is 0 Å². The van der Waals surface area contributed by atoms with E-state index < -0.39 is 0 Å². The van der Waals surface area contributed by atoms with Gasteiger partial charge in [0.2, 0.25) is 5.75 Å². The minimum atomic E-state index is -0.0588. The van der Waals surface area contributed by atoms with Gasteiger partial charge in [-0.25, -0.2) is 4.98 Å². The summed E-state index contributed by atoms with van der Waals surface area (Å²) in [4.78, 5) is 4.61. The van der Waals surface area contributed by atoms with E-state index in [1.165, 1.54) is 31.6 Å². The van der Waals surface area contributed by atoms with Gasteiger partial charge < -0.3 is 20.4 Å². The fourth-order valence-corrected chi connectivity index (χ4v) is 3.28. The number of aromatic nitrogens is 1. The molecule has 25 heavy (non-hydrogen) atoms. The molecule has 0 aliphatic rings. The smallest absolute Gasteiger partial charge is 0.203 e.